The van der Waals surface area contributed by atoms with Crippen molar-refractivity contribution in [2.75, 3.05) is 0 Å². The predicted octanol–water partition coefficient (Wildman–Crippen LogP) is 5.33. The predicted molar refractivity (Wildman–Crippen MR) is 109 cm³/mol. The van der Waals surface area contributed by atoms with Gasteiger partial charge >= 0.3 is 6.18 Å². The molecule has 1 N–H and O–H groups in total. The van der Waals surface area contributed by atoms with E-state index < -0.39 is 11.7 Å². The summed E-state index contributed by atoms with van der Waals surface area (Å²) in [4.78, 5) is 21.0. The van der Waals surface area contributed by atoms with E-state index in [9.17, 15) is 13.2 Å². The summed E-state index contributed by atoms with van der Waals surface area (Å²) in [5.74, 6) is 0.143. The fourth-order valence-corrected chi connectivity index (χ4v) is 4.25. The Morgan fingerprint density at radius 3 is 2.45 bits per heavy atom. The Morgan fingerprint density at radius 1 is 0.935 bits per heavy atom. The van der Waals surface area contributed by atoms with Gasteiger partial charge in [0.1, 0.15) is 10.2 Å². The van der Waals surface area contributed by atoms with Crippen molar-refractivity contribution in [1.29, 1.82) is 0 Å². The Balaban J connectivity index is 1.57. The first-order valence-electron chi connectivity index (χ1n) is 8.55. The zero-order valence-corrected chi connectivity index (χ0v) is 17.9. The third-order valence-electron chi connectivity index (χ3n) is 3.70. The molecule has 0 aliphatic carbocycles. The molecule has 0 bridgehead atoms. The summed E-state index contributed by atoms with van der Waals surface area (Å²) in [5, 5.41) is 8.57. The minimum Gasteiger partial charge on any atom is -0.253 e. The maximum absolute atomic E-state index is 13.1. The molecule has 0 fully saturated rings. The van der Waals surface area contributed by atoms with Gasteiger partial charge in [-0.3, -0.25) is 5.10 Å². The average molecular weight is 482 g/mol. The SMILES string of the molecule is Cc1cc(-c2n[nH]c(Sc3cc(Cl)nc(Sc4ncccn4)n3)n2)cc(C(F)(F)F)c1. The molecular weight excluding hydrogens is 471 g/mol. The van der Waals surface area contributed by atoms with Crippen LogP contribution in [0.5, 0.6) is 0 Å². The number of aromatic nitrogens is 7. The minimum atomic E-state index is -4.46. The number of rotatable bonds is 5. The second-order valence-corrected chi connectivity index (χ2v) is 8.43. The molecule has 31 heavy (non-hydrogen) atoms. The van der Waals surface area contributed by atoms with Gasteiger partial charge in [0.15, 0.2) is 21.3 Å². The first kappa shape index (κ1) is 21.5. The lowest BCUT2D eigenvalue weighted by Gasteiger charge is -2.09. The quantitative estimate of drug-likeness (QED) is 0.302. The summed E-state index contributed by atoms with van der Waals surface area (Å²) >= 11 is 8.34. The van der Waals surface area contributed by atoms with E-state index in [4.69, 9.17) is 11.6 Å². The maximum Gasteiger partial charge on any atom is 0.416 e. The van der Waals surface area contributed by atoms with Crippen LogP contribution in [-0.4, -0.2) is 35.1 Å². The Kier molecular flexibility index (Phi) is 6.12. The van der Waals surface area contributed by atoms with Crippen molar-refractivity contribution in [2.45, 2.75) is 33.6 Å². The van der Waals surface area contributed by atoms with Crippen LogP contribution in [0.4, 0.5) is 13.2 Å². The highest BCUT2D eigenvalue weighted by atomic mass is 35.5. The summed E-state index contributed by atoms with van der Waals surface area (Å²) in [5.41, 5.74) is -0.0429. The van der Waals surface area contributed by atoms with E-state index in [1.807, 2.05) is 0 Å². The van der Waals surface area contributed by atoms with Crippen LogP contribution in [0.1, 0.15) is 11.1 Å². The molecule has 0 saturated carbocycles. The number of nitrogens with zero attached hydrogens (tertiary/aromatic N) is 6. The van der Waals surface area contributed by atoms with E-state index in [1.165, 1.54) is 0 Å². The lowest BCUT2D eigenvalue weighted by atomic mass is 10.1. The Labute approximate surface area is 187 Å². The number of benzene rings is 1. The molecule has 0 radical (unpaired) electrons. The standard InChI is InChI=1S/C18H11ClF3N7S2/c1-9-5-10(7-11(6-9)18(20,21)22)14-27-17(29-28-14)30-13-8-12(19)25-16(26-13)31-15-23-3-2-4-24-15/h2-8H,1H3,(H,27,28,29). The Bertz CT molecular complexity index is 1220. The third kappa shape index (κ3) is 5.51. The Morgan fingerprint density at radius 2 is 1.71 bits per heavy atom. The third-order valence-corrected chi connectivity index (χ3v) is 5.45. The van der Waals surface area contributed by atoms with Crippen molar-refractivity contribution >= 4 is 35.1 Å². The van der Waals surface area contributed by atoms with Crippen molar-refractivity contribution in [3.05, 3.63) is 59.0 Å². The van der Waals surface area contributed by atoms with Crippen LogP contribution in [0, 0.1) is 6.92 Å². The van der Waals surface area contributed by atoms with E-state index in [-0.39, 0.29) is 16.5 Å². The van der Waals surface area contributed by atoms with Gasteiger partial charge in [-0.2, -0.15) is 18.3 Å². The van der Waals surface area contributed by atoms with Crippen molar-refractivity contribution < 1.29 is 13.2 Å². The van der Waals surface area contributed by atoms with E-state index in [0.29, 0.717) is 26.1 Å². The number of halogens is 4. The van der Waals surface area contributed by atoms with Crippen LogP contribution in [0.3, 0.4) is 0 Å². The molecule has 1 aromatic carbocycles. The van der Waals surface area contributed by atoms with Crippen LogP contribution in [0.25, 0.3) is 11.4 Å². The lowest BCUT2D eigenvalue weighted by molar-refractivity contribution is -0.137. The van der Waals surface area contributed by atoms with Gasteiger partial charge in [-0.25, -0.2) is 24.9 Å². The maximum atomic E-state index is 13.1. The molecule has 4 rings (SSSR count). The van der Waals surface area contributed by atoms with Gasteiger partial charge < -0.3 is 0 Å². The lowest BCUT2D eigenvalue weighted by Crippen LogP contribution is -2.05. The van der Waals surface area contributed by atoms with Crippen LogP contribution < -0.4 is 0 Å². The van der Waals surface area contributed by atoms with Crippen LogP contribution in [-0.2, 0) is 6.18 Å². The summed E-state index contributed by atoms with van der Waals surface area (Å²) in [6.45, 7) is 1.58. The van der Waals surface area contributed by atoms with Gasteiger partial charge in [-0.05, 0) is 60.3 Å². The molecule has 0 saturated heterocycles. The molecule has 3 heterocycles. The van der Waals surface area contributed by atoms with Crippen LogP contribution >= 0.6 is 35.1 Å². The first-order valence-corrected chi connectivity index (χ1v) is 10.6. The summed E-state index contributed by atoms with van der Waals surface area (Å²) in [7, 11) is 0. The molecule has 13 heteroatoms. The van der Waals surface area contributed by atoms with Crippen molar-refractivity contribution in [3.8, 4) is 11.4 Å². The zero-order valence-electron chi connectivity index (χ0n) is 15.6. The normalized spacial score (nSPS) is 11.6. The highest BCUT2D eigenvalue weighted by Gasteiger charge is 2.31. The second kappa shape index (κ2) is 8.81. The van der Waals surface area contributed by atoms with E-state index in [2.05, 4.69) is 35.1 Å². The molecule has 0 atom stereocenters. The van der Waals surface area contributed by atoms with Gasteiger partial charge in [-0.15, -0.1) is 0 Å². The van der Waals surface area contributed by atoms with Gasteiger partial charge in [0, 0.05) is 24.0 Å². The Hall–Kier alpha value is -2.70. The molecule has 4 aromatic rings. The molecule has 3 aromatic heterocycles. The van der Waals surface area contributed by atoms with E-state index >= 15 is 0 Å². The van der Waals surface area contributed by atoms with E-state index in [0.717, 1.165) is 35.7 Å². The fourth-order valence-electron chi connectivity index (χ4n) is 2.49. The monoisotopic (exact) mass is 481 g/mol. The number of alkyl halides is 3. The van der Waals surface area contributed by atoms with Gasteiger partial charge in [0.05, 0.1) is 5.56 Å². The number of hydrogen-bond acceptors (Lipinski definition) is 8. The summed E-state index contributed by atoms with van der Waals surface area (Å²) < 4.78 is 39.3. The highest BCUT2D eigenvalue weighted by Crippen LogP contribution is 2.34. The number of aryl methyl sites for hydroxylation is 1. The van der Waals surface area contributed by atoms with Crippen LogP contribution in [0.2, 0.25) is 5.15 Å². The molecule has 158 valence electrons. The van der Waals surface area contributed by atoms with Crippen molar-refractivity contribution in [1.82, 2.24) is 35.1 Å². The average Bonchev–Trinajstić information content (AvgIpc) is 3.16. The zero-order chi connectivity index (χ0) is 22.0. The summed E-state index contributed by atoms with van der Waals surface area (Å²) in [6, 6.07) is 6.91. The summed E-state index contributed by atoms with van der Waals surface area (Å²) in [6.07, 6.45) is -1.26. The van der Waals surface area contributed by atoms with Gasteiger partial charge in [-0.1, -0.05) is 11.6 Å². The molecule has 0 amide bonds. The van der Waals surface area contributed by atoms with Crippen molar-refractivity contribution in [3.63, 3.8) is 0 Å². The molecule has 0 spiro atoms. The number of hydrogen-bond donors (Lipinski definition) is 1. The first-order chi connectivity index (χ1) is 14.8. The topological polar surface area (TPSA) is 93.1 Å². The van der Waals surface area contributed by atoms with Gasteiger partial charge in [0.25, 0.3) is 0 Å². The number of H-pyrrole nitrogens is 1. The molecular formula is C18H11ClF3N7S2. The minimum absolute atomic E-state index is 0.143. The number of aromatic amines is 1. The number of nitrogens with one attached hydrogen (secondary N) is 1. The smallest absolute Gasteiger partial charge is 0.253 e. The largest absolute Gasteiger partial charge is 0.416 e. The van der Waals surface area contributed by atoms with Crippen molar-refractivity contribution in [2.24, 2.45) is 0 Å². The second-order valence-electron chi connectivity index (χ2n) is 6.10. The molecule has 0 aliphatic rings. The molecule has 0 unspecified atom stereocenters. The molecule has 7 nitrogen and oxygen atoms in total. The molecule has 0 aliphatic heterocycles. The fraction of sp³-hybridized carbons (Fsp3) is 0.111. The van der Waals surface area contributed by atoms with Crippen LogP contribution in [0.15, 0.2) is 63.2 Å². The van der Waals surface area contributed by atoms with Gasteiger partial charge in [0.2, 0.25) is 0 Å². The highest BCUT2D eigenvalue weighted by molar-refractivity contribution is 7.99. The van der Waals surface area contributed by atoms with E-state index in [1.54, 1.807) is 37.5 Å².